The van der Waals surface area contributed by atoms with E-state index in [1.54, 1.807) is 0 Å². The molecule has 0 N–H and O–H groups in total. The van der Waals surface area contributed by atoms with Gasteiger partial charge in [0, 0.05) is 32.0 Å². The Hall–Kier alpha value is -1.89. The molecule has 7 heteroatoms. The molecule has 0 atom stereocenters. The number of hydrogen-bond donors (Lipinski definition) is 0. The van der Waals surface area contributed by atoms with Crippen molar-refractivity contribution in [2.24, 2.45) is 5.18 Å². The van der Waals surface area contributed by atoms with E-state index in [0.29, 0.717) is 19.2 Å². The molecule has 108 valence electrons. The number of carbonyl (C=O) groups is 1. The lowest BCUT2D eigenvalue weighted by Gasteiger charge is -2.34. The highest BCUT2D eigenvalue weighted by Crippen LogP contribution is 2.28. The maximum atomic E-state index is 13.5. The van der Waals surface area contributed by atoms with Gasteiger partial charge in [-0.25, -0.2) is 13.6 Å². The Morgan fingerprint density at radius 3 is 2.55 bits per heavy atom. The number of hydrogen-bond acceptors (Lipinski definition) is 5. The van der Waals surface area contributed by atoms with Crippen LogP contribution in [0, 0.1) is 16.5 Å². The van der Waals surface area contributed by atoms with Crippen molar-refractivity contribution in [2.75, 3.05) is 20.1 Å². The molecule has 0 amide bonds. The standard InChI is InChI=1S/C13H14F2N2O3/c1-17-6-4-13(16-19,5-7-17)20-12(18)10-3-2-9(14)8-11(10)15/h2-3,8H,4-7H2,1H3. The monoisotopic (exact) mass is 284 g/mol. The number of benzene rings is 1. The van der Waals surface area contributed by atoms with Crippen LogP contribution in [0.25, 0.3) is 0 Å². The number of piperidine rings is 1. The van der Waals surface area contributed by atoms with E-state index in [9.17, 15) is 18.5 Å². The summed E-state index contributed by atoms with van der Waals surface area (Å²) in [4.78, 5) is 24.9. The zero-order chi connectivity index (χ0) is 14.8. The summed E-state index contributed by atoms with van der Waals surface area (Å²) in [6.45, 7) is 1.09. The number of carbonyl (C=O) groups excluding carboxylic acids is 1. The molecule has 0 spiro atoms. The minimum atomic E-state index is -1.47. The van der Waals surface area contributed by atoms with Crippen molar-refractivity contribution in [1.82, 2.24) is 4.90 Å². The highest BCUT2D eigenvalue weighted by atomic mass is 19.1. The van der Waals surface area contributed by atoms with E-state index >= 15 is 0 Å². The number of nitrogens with zero attached hydrogens (tertiary/aromatic N) is 2. The van der Waals surface area contributed by atoms with Gasteiger partial charge in [-0.1, -0.05) is 0 Å². The van der Waals surface area contributed by atoms with Crippen LogP contribution in [0.1, 0.15) is 23.2 Å². The van der Waals surface area contributed by atoms with E-state index in [2.05, 4.69) is 5.18 Å². The van der Waals surface area contributed by atoms with Crippen LogP contribution in [-0.2, 0) is 4.74 Å². The first-order chi connectivity index (χ1) is 9.46. The molecule has 0 bridgehead atoms. The van der Waals surface area contributed by atoms with Crippen molar-refractivity contribution < 1.29 is 18.3 Å². The number of rotatable bonds is 3. The van der Waals surface area contributed by atoms with Gasteiger partial charge in [-0.3, -0.25) is 0 Å². The Bertz CT molecular complexity index is 528. The minimum absolute atomic E-state index is 0.252. The van der Waals surface area contributed by atoms with Crippen LogP contribution < -0.4 is 0 Å². The maximum absolute atomic E-state index is 13.5. The topological polar surface area (TPSA) is 59.0 Å². The first-order valence-corrected chi connectivity index (χ1v) is 6.17. The molecule has 1 aromatic rings. The molecule has 1 saturated heterocycles. The molecule has 0 unspecified atom stereocenters. The first-order valence-electron chi connectivity index (χ1n) is 6.17. The summed E-state index contributed by atoms with van der Waals surface area (Å²) in [5.41, 5.74) is -1.88. The van der Waals surface area contributed by atoms with Crippen LogP contribution in [0.3, 0.4) is 0 Å². The smallest absolute Gasteiger partial charge is 0.343 e. The highest BCUT2D eigenvalue weighted by Gasteiger charge is 2.39. The lowest BCUT2D eigenvalue weighted by Crippen LogP contribution is -2.44. The van der Waals surface area contributed by atoms with Crippen molar-refractivity contribution in [3.05, 3.63) is 40.3 Å². The molecular formula is C13H14F2N2O3. The molecule has 1 heterocycles. The average Bonchev–Trinajstić information content (AvgIpc) is 2.41. The fourth-order valence-corrected chi connectivity index (χ4v) is 2.06. The third-order valence-corrected chi connectivity index (χ3v) is 3.37. The summed E-state index contributed by atoms with van der Waals surface area (Å²) >= 11 is 0. The molecule has 0 aliphatic carbocycles. The summed E-state index contributed by atoms with van der Waals surface area (Å²) < 4.78 is 31.4. The Morgan fingerprint density at radius 2 is 2.00 bits per heavy atom. The molecular weight excluding hydrogens is 270 g/mol. The molecule has 1 aromatic carbocycles. The van der Waals surface area contributed by atoms with Gasteiger partial charge in [0.05, 0.1) is 5.56 Å². The molecule has 5 nitrogen and oxygen atoms in total. The third kappa shape index (κ3) is 2.98. The van der Waals surface area contributed by atoms with Crippen LogP contribution in [0.4, 0.5) is 8.78 Å². The van der Waals surface area contributed by atoms with E-state index in [1.165, 1.54) is 0 Å². The van der Waals surface area contributed by atoms with E-state index < -0.39 is 28.9 Å². The van der Waals surface area contributed by atoms with Crippen LogP contribution in [0.15, 0.2) is 23.4 Å². The molecule has 20 heavy (non-hydrogen) atoms. The minimum Gasteiger partial charge on any atom is -0.430 e. The fraction of sp³-hybridized carbons (Fsp3) is 0.462. The van der Waals surface area contributed by atoms with Crippen molar-refractivity contribution >= 4 is 5.97 Å². The molecule has 2 rings (SSSR count). The normalized spacial score (nSPS) is 18.6. The van der Waals surface area contributed by atoms with Gasteiger partial charge in [0.1, 0.15) is 11.6 Å². The van der Waals surface area contributed by atoms with Crippen molar-refractivity contribution in [3.8, 4) is 0 Å². The van der Waals surface area contributed by atoms with Crippen molar-refractivity contribution in [1.29, 1.82) is 0 Å². The average molecular weight is 284 g/mol. The summed E-state index contributed by atoms with van der Waals surface area (Å²) in [6, 6.07) is 2.53. The molecule has 0 aromatic heterocycles. The summed E-state index contributed by atoms with van der Waals surface area (Å²) in [7, 11) is 1.87. The number of ether oxygens (including phenoxy) is 1. The largest absolute Gasteiger partial charge is 0.430 e. The van der Waals surface area contributed by atoms with Gasteiger partial charge in [0.15, 0.2) is 0 Å². The number of nitroso groups, excluding NO2 is 1. The molecule has 1 aliphatic heterocycles. The number of likely N-dealkylation sites (tertiary alicyclic amines) is 1. The molecule has 0 radical (unpaired) electrons. The molecule has 1 fully saturated rings. The predicted molar refractivity (Wildman–Crippen MR) is 67.0 cm³/mol. The quantitative estimate of drug-likeness (QED) is 0.631. The zero-order valence-electron chi connectivity index (χ0n) is 10.9. The van der Waals surface area contributed by atoms with Crippen LogP contribution >= 0.6 is 0 Å². The predicted octanol–water partition coefficient (Wildman–Crippen LogP) is 2.31. The SMILES string of the molecule is CN1CCC(N=O)(OC(=O)c2ccc(F)cc2F)CC1. The summed E-state index contributed by atoms with van der Waals surface area (Å²) in [5.74, 6) is -2.82. The highest BCUT2D eigenvalue weighted by molar-refractivity contribution is 5.90. The third-order valence-electron chi connectivity index (χ3n) is 3.37. The summed E-state index contributed by atoms with van der Waals surface area (Å²) in [5, 5.41) is 2.91. The Labute approximate surface area is 114 Å². The maximum Gasteiger partial charge on any atom is 0.343 e. The van der Waals surface area contributed by atoms with E-state index in [4.69, 9.17) is 4.74 Å². The van der Waals surface area contributed by atoms with Gasteiger partial charge in [-0.2, -0.15) is 0 Å². The van der Waals surface area contributed by atoms with Gasteiger partial charge in [-0.15, -0.1) is 4.91 Å². The van der Waals surface area contributed by atoms with Crippen LogP contribution in [0.5, 0.6) is 0 Å². The number of halogens is 2. The van der Waals surface area contributed by atoms with Gasteiger partial charge in [0.25, 0.3) is 0 Å². The van der Waals surface area contributed by atoms with Gasteiger partial charge < -0.3 is 9.64 Å². The molecule has 1 aliphatic rings. The summed E-state index contributed by atoms with van der Waals surface area (Å²) in [6.07, 6.45) is 0.503. The van der Waals surface area contributed by atoms with E-state index in [-0.39, 0.29) is 12.8 Å². The molecule has 0 saturated carbocycles. The zero-order valence-corrected chi connectivity index (χ0v) is 10.9. The van der Waals surface area contributed by atoms with Crippen molar-refractivity contribution in [2.45, 2.75) is 18.6 Å². The van der Waals surface area contributed by atoms with Crippen LogP contribution in [-0.4, -0.2) is 36.7 Å². The van der Waals surface area contributed by atoms with Gasteiger partial charge in [-0.05, 0) is 24.4 Å². The fourth-order valence-electron chi connectivity index (χ4n) is 2.06. The van der Waals surface area contributed by atoms with E-state index in [0.717, 1.165) is 12.1 Å². The lowest BCUT2D eigenvalue weighted by molar-refractivity contribution is -0.0442. The number of esters is 1. The Kier molecular flexibility index (Phi) is 4.08. The second-order valence-electron chi connectivity index (χ2n) is 4.85. The Morgan fingerprint density at radius 1 is 1.35 bits per heavy atom. The second-order valence-corrected chi connectivity index (χ2v) is 4.85. The van der Waals surface area contributed by atoms with Gasteiger partial charge >= 0.3 is 5.97 Å². The second kappa shape index (κ2) is 5.62. The Balaban J connectivity index is 2.15. The lowest BCUT2D eigenvalue weighted by atomic mass is 10.0. The van der Waals surface area contributed by atoms with Crippen molar-refractivity contribution in [3.63, 3.8) is 0 Å². The first kappa shape index (κ1) is 14.5. The van der Waals surface area contributed by atoms with Crippen LogP contribution in [0.2, 0.25) is 0 Å². The van der Waals surface area contributed by atoms with E-state index in [1.807, 2.05) is 11.9 Å². The van der Waals surface area contributed by atoms with Gasteiger partial charge in [0.2, 0.25) is 5.72 Å².